The lowest BCUT2D eigenvalue weighted by atomic mass is 10.1. The molecule has 1 rings (SSSR count). The number of halogens is 3. The molecule has 1 nitrogen and oxygen atoms in total. The monoisotopic (exact) mass is 351 g/mol. The molecular formula is C14H20BrF2NS. The van der Waals surface area contributed by atoms with Crippen LogP contribution in [0.3, 0.4) is 0 Å². The maximum atomic E-state index is 14.1. The zero-order chi connectivity index (χ0) is 14.4. The summed E-state index contributed by atoms with van der Waals surface area (Å²) >= 11 is 4.85. The van der Waals surface area contributed by atoms with Crippen molar-refractivity contribution in [3.05, 3.63) is 33.8 Å². The van der Waals surface area contributed by atoms with Crippen LogP contribution in [0.1, 0.15) is 38.8 Å². The first-order valence-electron chi connectivity index (χ1n) is 6.49. The van der Waals surface area contributed by atoms with E-state index in [9.17, 15) is 8.78 Å². The first-order chi connectivity index (χ1) is 9.01. The van der Waals surface area contributed by atoms with Crippen LogP contribution in [0.15, 0.2) is 16.6 Å². The molecule has 0 aliphatic carbocycles. The molecule has 0 fully saturated rings. The third-order valence-corrected chi connectivity index (χ3v) is 5.04. The molecule has 0 aromatic heterocycles. The molecule has 108 valence electrons. The Morgan fingerprint density at radius 3 is 2.58 bits per heavy atom. The Labute approximate surface area is 126 Å². The lowest BCUT2D eigenvalue weighted by Gasteiger charge is -2.21. The molecular weight excluding hydrogens is 332 g/mol. The van der Waals surface area contributed by atoms with Crippen LogP contribution in [0.25, 0.3) is 0 Å². The van der Waals surface area contributed by atoms with Gasteiger partial charge in [0.2, 0.25) is 0 Å². The maximum Gasteiger partial charge on any atom is 0.145 e. The van der Waals surface area contributed by atoms with Crippen LogP contribution < -0.4 is 5.32 Å². The minimum Gasteiger partial charge on any atom is -0.309 e. The van der Waals surface area contributed by atoms with Gasteiger partial charge in [-0.2, -0.15) is 11.8 Å². The maximum absolute atomic E-state index is 14.1. The Morgan fingerprint density at radius 2 is 2.00 bits per heavy atom. The molecule has 0 aliphatic heterocycles. The smallest absolute Gasteiger partial charge is 0.145 e. The third-order valence-electron chi connectivity index (χ3n) is 3.00. The second kappa shape index (κ2) is 8.22. The van der Waals surface area contributed by atoms with Crippen molar-refractivity contribution in [1.29, 1.82) is 0 Å². The number of rotatable bonds is 7. The standard InChI is InChI=1S/C14H20BrF2NS/c1-4-9(3)19-8-12(18-5-2)13-11(16)7-6-10(15)14(13)17/h6-7,9,12,18H,4-5,8H2,1-3H3. The number of nitrogens with one attached hydrogen (secondary N) is 1. The lowest BCUT2D eigenvalue weighted by Crippen LogP contribution is -2.26. The fraction of sp³-hybridized carbons (Fsp3) is 0.571. The molecule has 0 heterocycles. The van der Waals surface area contributed by atoms with Crippen molar-refractivity contribution in [1.82, 2.24) is 5.32 Å². The molecule has 0 spiro atoms. The lowest BCUT2D eigenvalue weighted by molar-refractivity contribution is 0.496. The highest BCUT2D eigenvalue weighted by Crippen LogP contribution is 2.30. The second-order valence-corrected chi connectivity index (χ2v) is 6.75. The van der Waals surface area contributed by atoms with E-state index in [4.69, 9.17) is 0 Å². The van der Waals surface area contributed by atoms with E-state index in [1.54, 1.807) is 11.8 Å². The molecule has 0 saturated carbocycles. The molecule has 2 unspecified atom stereocenters. The summed E-state index contributed by atoms with van der Waals surface area (Å²) in [6.07, 6.45) is 1.05. The van der Waals surface area contributed by atoms with Gasteiger partial charge in [0.15, 0.2) is 0 Å². The minimum absolute atomic E-state index is 0.132. The molecule has 0 aliphatic rings. The zero-order valence-electron chi connectivity index (χ0n) is 11.5. The average Bonchev–Trinajstić information content (AvgIpc) is 2.40. The van der Waals surface area contributed by atoms with E-state index < -0.39 is 11.6 Å². The van der Waals surface area contributed by atoms with Crippen LogP contribution in [0, 0.1) is 11.6 Å². The van der Waals surface area contributed by atoms with Crippen molar-refractivity contribution in [2.45, 2.75) is 38.5 Å². The van der Waals surface area contributed by atoms with Gasteiger partial charge in [-0.25, -0.2) is 8.78 Å². The fourth-order valence-electron chi connectivity index (χ4n) is 1.73. The van der Waals surface area contributed by atoms with Gasteiger partial charge in [0.05, 0.1) is 4.47 Å². The van der Waals surface area contributed by atoms with Gasteiger partial charge >= 0.3 is 0 Å². The molecule has 1 N–H and O–H groups in total. The SMILES string of the molecule is CCNC(CSC(C)CC)c1c(F)ccc(Br)c1F. The van der Waals surface area contributed by atoms with Crippen molar-refractivity contribution < 1.29 is 8.78 Å². The first kappa shape index (κ1) is 16.9. The molecule has 1 aromatic carbocycles. The normalized spacial score (nSPS) is 14.4. The number of hydrogen-bond acceptors (Lipinski definition) is 2. The minimum atomic E-state index is -0.504. The number of benzene rings is 1. The van der Waals surface area contributed by atoms with E-state index in [1.807, 2.05) is 6.92 Å². The Bertz CT molecular complexity index is 415. The molecule has 19 heavy (non-hydrogen) atoms. The number of hydrogen-bond donors (Lipinski definition) is 1. The predicted octanol–water partition coefficient (Wildman–Crippen LogP) is 4.91. The fourth-order valence-corrected chi connectivity index (χ4v) is 3.12. The van der Waals surface area contributed by atoms with Crippen molar-refractivity contribution >= 4 is 27.7 Å². The van der Waals surface area contributed by atoms with E-state index in [-0.39, 0.29) is 11.6 Å². The van der Waals surface area contributed by atoms with Crippen LogP contribution in [-0.4, -0.2) is 17.5 Å². The van der Waals surface area contributed by atoms with E-state index >= 15 is 0 Å². The van der Waals surface area contributed by atoms with Crippen LogP contribution in [0.4, 0.5) is 8.78 Å². The summed E-state index contributed by atoms with van der Waals surface area (Å²) in [4.78, 5) is 0. The Kier molecular flexibility index (Phi) is 7.32. The van der Waals surface area contributed by atoms with Gasteiger partial charge in [-0.15, -0.1) is 0 Å². The van der Waals surface area contributed by atoms with E-state index in [0.717, 1.165) is 6.42 Å². The Morgan fingerprint density at radius 1 is 1.32 bits per heavy atom. The molecule has 0 amide bonds. The van der Waals surface area contributed by atoms with Crippen molar-refractivity contribution in [3.8, 4) is 0 Å². The summed E-state index contributed by atoms with van der Waals surface area (Å²) in [5, 5.41) is 3.65. The summed E-state index contributed by atoms with van der Waals surface area (Å²) in [6.45, 7) is 6.85. The molecule has 0 saturated heterocycles. The van der Waals surface area contributed by atoms with E-state index in [1.165, 1.54) is 12.1 Å². The quantitative estimate of drug-likeness (QED) is 0.700. The van der Waals surface area contributed by atoms with Crippen LogP contribution in [-0.2, 0) is 0 Å². The average molecular weight is 352 g/mol. The van der Waals surface area contributed by atoms with Gasteiger partial charge < -0.3 is 5.32 Å². The summed E-state index contributed by atoms with van der Waals surface area (Å²) in [6, 6.07) is 2.40. The van der Waals surface area contributed by atoms with E-state index in [0.29, 0.717) is 22.0 Å². The predicted molar refractivity (Wildman–Crippen MR) is 82.7 cm³/mol. The van der Waals surface area contributed by atoms with Gasteiger partial charge in [0.25, 0.3) is 0 Å². The zero-order valence-corrected chi connectivity index (χ0v) is 13.9. The highest BCUT2D eigenvalue weighted by Gasteiger charge is 2.22. The number of thioether (sulfide) groups is 1. The van der Waals surface area contributed by atoms with Crippen LogP contribution >= 0.6 is 27.7 Å². The van der Waals surface area contributed by atoms with Crippen LogP contribution in [0.2, 0.25) is 0 Å². The van der Waals surface area contributed by atoms with Crippen molar-refractivity contribution in [3.63, 3.8) is 0 Å². The van der Waals surface area contributed by atoms with Gasteiger partial charge in [-0.1, -0.05) is 20.8 Å². The molecule has 0 bridgehead atoms. The summed E-state index contributed by atoms with van der Waals surface area (Å²) in [5.41, 5.74) is 0.132. The first-order valence-corrected chi connectivity index (χ1v) is 8.33. The second-order valence-electron chi connectivity index (χ2n) is 4.42. The molecule has 1 aromatic rings. The van der Waals surface area contributed by atoms with Crippen molar-refractivity contribution in [2.75, 3.05) is 12.3 Å². The highest BCUT2D eigenvalue weighted by atomic mass is 79.9. The van der Waals surface area contributed by atoms with Crippen molar-refractivity contribution in [2.24, 2.45) is 0 Å². The van der Waals surface area contributed by atoms with E-state index in [2.05, 4.69) is 35.1 Å². The molecule has 0 radical (unpaired) electrons. The van der Waals surface area contributed by atoms with Gasteiger partial charge in [-0.3, -0.25) is 0 Å². The Hall–Kier alpha value is -0.130. The Balaban J connectivity index is 2.95. The highest BCUT2D eigenvalue weighted by molar-refractivity contribution is 9.10. The molecule has 2 atom stereocenters. The summed E-state index contributed by atoms with van der Waals surface area (Å²) in [5.74, 6) is -0.334. The summed E-state index contributed by atoms with van der Waals surface area (Å²) in [7, 11) is 0. The molecule has 5 heteroatoms. The van der Waals surface area contributed by atoms with Gasteiger partial charge in [0.1, 0.15) is 11.6 Å². The topological polar surface area (TPSA) is 12.0 Å². The third kappa shape index (κ3) is 4.72. The van der Waals surface area contributed by atoms with Gasteiger partial charge in [-0.05, 0) is 41.0 Å². The largest absolute Gasteiger partial charge is 0.309 e. The summed E-state index contributed by atoms with van der Waals surface area (Å²) < 4.78 is 28.3. The van der Waals surface area contributed by atoms with Gasteiger partial charge in [0, 0.05) is 22.6 Å². The van der Waals surface area contributed by atoms with Crippen LogP contribution in [0.5, 0.6) is 0 Å².